The van der Waals surface area contributed by atoms with Crippen molar-refractivity contribution in [1.82, 2.24) is 0 Å². The standard InChI is InChI=1S/C12H18BrFN2O/c1-2-5-17-6-3-4-16-12-8-10(14)9(13)7-11(12)15/h7-8,16H,2-6,15H2,1H3. The van der Waals surface area contributed by atoms with Gasteiger partial charge in [-0.25, -0.2) is 4.39 Å². The van der Waals surface area contributed by atoms with E-state index in [2.05, 4.69) is 28.2 Å². The Kier molecular flexibility index (Phi) is 6.29. The van der Waals surface area contributed by atoms with Crippen LogP contribution in [0.25, 0.3) is 0 Å². The summed E-state index contributed by atoms with van der Waals surface area (Å²) in [6.45, 7) is 4.29. The molecule has 0 atom stereocenters. The van der Waals surface area contributed by atoms with Gasteiger partial charge in [0.1, 0.15) is 5.82 Å². The monoisotopic (exact) mass is 304 g/mol. The van der Waals surface area contributed by atoms with Crippen LogP contribution in [0.1, 0.15) is 19.8 Å². The van der Waals surface area contributed by atoms with Crippen LogP contribution in [0.4, 0.5) is 15.8 Å². The summed E-state index contributed by atoms with van der Waals surface area (Å²) < 4.78 is 19.0. The smallest absolute Gasteiger partial charge is 0.139 e. The Balaban J connectivity index is 2.34. The summed E-state index contributed by atoms with van der Waals surface area (Å²) in [6, 6.07) is 2.96. The third-order valence-electron chi connectivity index (χ3n) is 2.22. The van der Waals surface area contributed by atoms with Crippen molar-refractivity contribution < 1.29 is 9.13 Å². The molecule has 17 heavy (non-hydrogen) atoms. The van der Waals surface area contributed by atoms with Gasteiger partial charge in [-0.1, -0.05) is 6.92 Å². The first-order valence-corrected chi connectivity index (χ1v) is 6.50. The van der Waals surface area contributed by atoms with Gasteiger partial charge >= 0.3 is 0 Å². The molecule has 0 saturated heterocycles. The average Bonchev–Trinajstić information content (AvgIpc) is 2.30. The molecule has 1 rings (SSSR count). The normalized spacial score (nSPS) is 10.5. The van der Waals surface area contributed by atoms with Crippen LogP contribution in [0, 0.1) is 5.82 Å². The minimum absolute atomic E-state index is 0.316. The maximum Gasteiger partial charge on any atom is 0.139 e. The largest absolute Gasteiger partial charge is 0.397 e. The van der Waals surface area contributed by atoms with Gasteiger partial charge < -0.3 is 15.8 Å². The average molecular weight is 305 g/mol. The minimum Gasteiger partial charge on any atom is -0.397 e. The van der Waals surface area contributed by atoms with Crippen molar-refractivity contribution in [3.8, 4) is 0 Å². The van der Waals surface area contributed by atoms with Crippen LogP contribution in [0.3, 0.4) is 0 Å². The molecule has 0 amide bonds. The molecule has 0 aliphatic heterocycles. The fourth-order valence-corrected chi connectivity index (χ4v) is 1.72. The molecule has 0 spiro atoms. The number of hydrogen-bond acceptors (Lipinski definition) is 3. The van der Waals surface area contributed by atoms with E-state index >= 15 is 0 Å². The van der Waals surface area contributed by atoms with Gasteiger partial charge in [-0.15, -0.1) is 0 Å². The quantitative estimate of drug-likeness (QED) is 0.599. The molecule has 0 radical (unpaired) electrons. The van der Waals surface area contributed by atoms with Gasteiger partial charge in [0.2, 0.25) is 0 Å². The van der Waals surface area contributed by atoms with Gasteiger partial charge in [-0.2, -0.15) is 0 Å². The molecule has 0 aliphatic carbocycles. The highest BCUT2D eigenvalue weighted by atomic mass is 79.9. The Morgan fingerprint density at radius 1 is 1.41 bits per heavy atom. The summed E-state index contributed by atoms with van der Waals surface area (Å²) in [5.74, 6) is -0.316. The van der Waals surface area contributed by atoms with Crippen molar-refractivity contribution in [2.75, 3.05) is 30.8 Å². The first-order chi connectivity index (χ1) is 8.15. The van der Waals surface area contributed by atoms with Crippen LogP contribution in [-0.4, -0.2) is 19.8 Å². The van der Waals surface area contributed by atoms with Crippen LogP contribution in [0.2, 0.25) is 0 Å². The molecule has 0 bridgehead atoms. The van der Waals surface area contributed by atoms with E-state index in [9.17, 15) is 4.39 Å². The topological polar surface area (TPSA) is 47.3 Å². The first-order valence-electron chi connectivity index (χ1n) is 5.71. The Labute approximate surface area is 110 Å². The predicted octanol–water partition coefficient (Wildman–Crippen LogP) is 3.40. The summed E-state index contributed by atoms with van der Waals surface area (Å²) in [5.41, 5.74) is 6.92. The lowest BCUT2D eigenvalue weighted by Crippen LogP contribution is -2.08. The van der Waals surface area contributed by atoms with Crippen molar-refractivity contribution in [3.05, 3.63) is 22.4 Å². The highest BCUT2D eigenvalue weighted by Gasteiger charge is 2.05. The van der Waals surface area contributed by atoms with Crippen LogP contribution < -0.4 is 11.1 Å². The molecule has 0 fully saturated rings. The van der Waals surface area contributed by atoms with Crippen molar-refractivity contribution in [2.45, 2.75) is 19.8 Å². The van der Waals surface area contributed by atoms with E-state index in [0.29, 0.717) is 22.5 Å². The Hall–Kier alpha value is -0.810. The van der Waals surface area contributed by atoms with Crippen LogP contribution in [0.15, 0.2) is 16.6 Å². The van der Waals surface area contributed by atoms with Crippen LogP contribution >= 0.6 is 15.9 Å². The third-order valence-corrected chi connectivity index (χ3v) is 2.83. The highest BCUT2D eigenvalue weighted by Crippen LogP contribution is 2.26. The second kappa shape index (κ2) is 7.50. The van der Waals surface area contributed by atoms with Crippen molar-refractivity contribution in [3.63, 3.8) is 0 Å². The molecule has 3 N–H and O–H groups in total. The van der Waals surface area contributed by atoms with E-state index in [-0.39, 0.29) is 5.82 Å². The lowest BCUT2D eigenvalue weighted by atomic mass is 10.2. The zero-order valence-corrected chi connectivity index (χ0v) is 11.5. The number of hydrogen-bond donors (Lipinski definition) is 2. The molecule has 0 heterocycles. The van der Waals surface area contributed by atoms with Crippen molar-refractivity contribution >= 4 is 27.3 Å². The predicted molar refractivity (Wildman–Crippen MR) is 72.7 cm³/mol. The van der Waals surface area contributed by atoms with E-state index in [1.165, 1.54) is 6.07 Å². The van der Waals surface area contributed by atoms with Gasteiger partial charge in [0.05, 0.1) is 15.8 Å². The Bertz CT molecular complexity index is 361. The fourth-order valence-electron chi connectivity index (χ4n) is 1.36. The minimum atomic E-state index is -0.316. The number of anilines is 2. The van der Waals surface area contributed by atoms with E-state index in [0.717, 1.165) is 26.0 Å². The summed E-state index contributed by atoms with van der Waals surface area (Å²) in [7, 11) is 0. The van der Waals surface area contributed by atoms with Crippen molar-refractivity contribution in [1.29, 1.82) is 0 Å². The van der Waals surface area contributed by atoms with Crippen molar-refractivity contribution in [2.24, 2.45) is 0 Å². The zero-order chi connectivity index (χ0) is 12.7. The molecule has 0 aliphatic rings. The number of nitrogen functional groups attached to an aromatic ring is 1. The zero-order valence-electron chi connectivity index (χ0n) is 9.93. The third kappa shape index (κ3) is 4.91. The molecule has 96 valence electrons. The molecule has 1 aromatic rings. The Morgan fingerprint density at radius 3 is 2.88 bits per heavy atom. The number of rotatable bonds is 7. The number of nitrogens with two attached hydrogens (primary N) is 1. The van der Waals surface area contributed by atoms with Crippen LogP contribution in [-0.2, 0) is 4.74 Å². The van der Waals surface area contributed by atoms with Gasteiger partial charge in [0.25, 0.3) is 0 Å². The lowest BCUT2D eigenvalue weighted by molar-refractivity contribution is 0.134. The van der Waals surface area contributed by atoms with E-state index in [1.54, 1.807) is 6.07 Å². The first kappa shape index (κ1) is 14.3. The number of benzene rings is 1. The van der Waals surface area contributed by atoms with Gasteiger partial charge in [0.15, 0.2) is 0 Å². The van der Waals surface area contributed by atoms with Gasteiger partial charge in [-0.3, -0.25) is 0 Å². The highest BCUT2D eigenvalue weighted by molar-refractivity contribution is 9.10. The SMILES string of the molecule is CCCOCCCNc1cc(F)c(Br)cc1N. The van der Waals surface area contributed by atoms with E-state index in [1.807, 2.05) is 0 Å². The molecule has 3 nitrogen and oxygen atoms in total. The number of halogens is 2. The molecule has 0 saturated carbocycles. The molecule has 1 aromatic carbocycles. The summed E-state index contributed by atoms with van der Waals surface area (Å²) >= 11 is 3.09. The van der Waals surface area contributed by atoms with Gasteiger partial charge in [0, 0.05) is 25.8 Å². The molecular weight excluding hydrogens is 287 g/mol. The molecule has 5 heteroatoms. The van der Waals surface area contributed by atoms with E-state index < -0.39 is 0 Å². The second-order valence-electron chi connectivity index (χ2n) is 3.75. The molecule has 0 aromatic heterocycles. The summed E-state index contributed by atoms with van der Waals surface area (Å²) in [4.78, 5) is 0. The Morgan fingerprint density at radius 2 is 2.18 bits per heavy atom. The fraction of sp³-hybridized carbons (Fsp3) is 0.500. The summed E-state index contributed by atoms with van der Waals surface area (Å²) in [5, 5.41) is 3.09. The second-order valence-corrected chi connectivity index (χ2v) is 4.60. The molecular formula is C12H18BrFN2O. The maximum atomic E-state index is 13.3. The van der Waals surface area contributed by atoms with Gasteiger partial charge in [-0.05, 0) is 34.8 Å². The summed E-state index contributed by atoms with van der Waals surface area (Å²) in [6.07, 6.45) is 1.90. The van der Waals surface area contributed by atoms with E-state index in [4.69, 9.17) is 10.5 Å². The number of nitrogens with one attached hydrogen (secondary N) is 1. The van der Waals surface area contributed by atoms with Crippen LogP contribution in [0.5, 0.6) is 0 Å². The number of ether oxygens (including phenoxy) is 1. The lowest BCUT2D eigenvalue weighted by Gasteiger charge is -2.10. The molecule has 0 unspecified atom stereocenters. The maximum absolute atomic E-state index is 13.3.